The van der Waals surface area contributed by atoms with Gasteiger partial charge in [-0.05, 0) is 45.8 Å². The fourth-order valence-corrected chi connectivity index (χ4v) is 2.23. The summed E-state index contributed by atoms with van der Waals surface area (Å²) in [4.78, 5) is 0. The molecule has 0 bridgehead atoms. The third-order valence-electron chi connectivity index (χ3n) is 2.59. The van der Waals surface area contributed by atoms with Crippen LogP contribution in [0.2, 0.25) is 5.02 Å². The molecule has 3 nitrogen and oxygen atoms in total. The Labute approximate surface area is 119 Å². The van der Waals surface area contributed by atoms with Crippen LogP contribution in [0.5, 0.6) is 0 Å². The molecule has 0 atom stereocenters. The third-order valence-corrected chi connectivity index (χ3v) is 3.51. The summed E-state index contributed by atoms with van der Waals surface area (Å²) in [5.74, 6) is 0. The van der Waals surface area contributed by atoms with Gasteiger partial charge in [0.2, 0.25) is 0 Å². The highest BCUT2D eigenvalue weighted by Crippen LogP contribution is 2.26. The normalized spacial score (nSPS) is 10.1. The zero-order chi connectivity index (χ0) is 13.1. The molecule has 1 aromatic carbocycles. The van der Waals surface area contributed by atoms with Crippen LogP contribution in [-0.4, -0.2) is 4.57 Å². The highest BCUT2D eigenvalue weighted by atomic mass is 79.9. The van der Waals surface area contributed by atoms with E-state index >= 15 is 0 Å². The number of aromatic nitrogens is 1. The first-order chi connectivity index (χ1) is 8.60. The molecule has 0 unspecified atom stereocenters. The number of halogens is 2. The highest BCUT2D eigenvalue weighted by Gasteiger charge is 2.04. The first-order valence-electron chi connectivity index (χ1n) is 5.34. The second-order valence-corrected chi connectivity index (χ2v) is 5.22. The molecule has 0 fully saturated rings. The Balaban J connectivity index is 2.11. The van der Waals surface area contributed by atoms with E-state index in [2.05, 4.69) is 27.3 Å². The van der Waals surface area contributed by atoms with Crippen LogP contribution in [0.25, 0.3) is 0 Å². The van der Waals surface area contributed by atoms with Gasteiger partial charge in [-0.25, -0.2) is 0 Å². The van der Waals surface area contributed by atoms with Crippen molar-refractivity contribution in [2.75, 3.05) is 5.32 Å². The van der Waals surface area contributed by atoms with Crippen LogP contribution in [0.3, 0.4) is 0 Å². The van der Waals surface area contributed by atoms with Crippen molar-refractivity contribution in [3.8, 4) is 6.07 Å². The van der Waals surface area contributed by atoms with Gasteiger partial charge in [-0.15, -0.1) is 0 Å². The molecule has 2 rings (SSSR count). The lowest BCUT2D eigenvalue weighted by Crippen LogP contribution is -1.99. The van der Waals surface area contributed by atoms with Gasteiger partial charge in [-0.2, -0.15) is 5.26 Å². The molecule has 0 spiro atoms. The minimum atomic E-state index is 0.647. The van der Waals surface area contributed by atoms with E-state index in [1.807, 2.05) is 42.1 Å². The van der Waals surface area contributed by atoms with E-state index in [1.165, 1.54) is 0 Å². The fraction of sp³-hybridized carbons (Fsp3) is 0.154. The van der Waals surface area contributed by atoms with Crippen molar-refractivity contribution in [2.24, 2.45) is 7.05 Å². The Morgan fingerprint density at radius 2 is 2.22 bits per heavy atom. The lowest BCUT2D eigenvalue weighted by Gasteiger charge is -2.07. The first-order valence-corrected chi connectivity index (χ1v) is 6.51. The number of nitrogens with one attached hydrogen (secondary N) is 1. The Bertz CT molecular complexity index is 613. The average molecular weight is 325 g/mol. The summed E-state index contributed by atoms with van der Waals surface area (Å²) in [7, 11) is 1.86. The van der Waals surface area contributed by atoms with Crippen molar-refractivity contribution >= 4 is 33.2 Å². The van der Waals surface area contributed by atoms with Crippen molar-refractivity contribution in [3.05, 3.63) is 51.2 Å². The van der Waals surface area contributed by atoms with E-state index < -0.39 is 0 Å². The molecule has 1 heterocycles. The van der Waals surface area contributed by atoms with Gasteiger partial charge < -0.3 is 9.88 Å². The number of hydrogen-bond acceptors (Lipinski definition) is 2. The van der Waals surface area contributed by atoms with Crippen LogP contribution >= 0.6 is 27.5 Å². The summed E-state index contributed by atoms with van der Waals surface area (Å²) in [6.07, 6.45) is 1.93. The number of aryl methyl sites for hydroxylation is 1. The molecule has 92 valence electrons. The molecule has 0 saturated carbocycles. The van der Waals surface area contributed by atoms with Crippen molar-refractivity contribution in [1.29, 1.82) is 5.26 Å². The molecular weight excluding hydrogens is 314 g/mol. The van der Waals surface area contributed by atoms with E-state index in [-0.39, 0.29) is 0 Å². The van der Waals surface area contributed by atoms with Gasteiger partial charge in [0, 0.05) is 29.3 Å². The van der Waals surface area contributed by atoms with E-state index in [0.717, 1.165) is 15.7 Å². The van der Waals surface area contributed by atoms with Gasteiger partial charge in [0.15, 0.2) is 0 Å². The number of nitrogens with zero attached hydrogens (tertiary/aromatic N) is 2. The Morgan fingerprint density at radius 3 is 2.89 bits per heavy atom. The minimum absolute atomic E-state index is 0.647. The first kappa shape index (κ1) is 13.0. The molecule has 0 radical (unpaired) electrons. The van der Waals surface area contributed by atoms with Crippen molar-refractivity contribution < 1.29 is 0 Å². The maximum absolute atomic E-state index is 8.88. The Morgan fingerprint density at radius 1 is 1.44 bits per heavy atom. The van der Waals surface area contributed by atoms with Crippen LogP contribution in [0, 0.1) is 11.3 Å². The Kier molecular flexibility index (Phi) is 3.95. The van der Waals surface area contributed by atoms with Crippen LogP contribution in [0.4, 0.5) is 5.69 Å². The summed E-state index contributed by atoms with van der Waals surface area (Å²) in [5, 5.41) is 12.8. The summed E-state index contributed by atoms with van der Waals surface area (Å²) in [6.45, 7) is 0.647. The maximum Gasteiger partial charge on any atom is 0.120 e. The van der Waals surface area contributed by atoms with Crippen molar-refractivity contribution in [1.82, 2.24) is 4.57 Å². The molecule has 1 N–H and O–H groups in total. The summed E-state index contributed by atoms with van der Waals surface area (Å²) < 4.78 is 2.77. The second kappa shape index (κ2) is 5.47. The third kappa shape index (κ3) is 2.87. The SMILES string of the molecule is Cn1cc(CNc2cc(Cl)ccc2Br)cc1C#N. The number of benzene rings is 1. The van der Waals surface area contributed by atoms with Crippen LogP contribution in [-0.2, 0) is 13.6 Å². The van der Waals surface area contributed by atoms with Crippen molar-refractivity contribution in [3.63, 3.8) is 0 Å². The largest absolute Gasteiger partial charge is 0.380 e. The molecule has 0 saturated heterocycles. The summed E-state index contributed by atoms with van der Waals surface area (Å²) >= 11 is 9.40. The van der Waals surface area contributed by atoms with Gasteiger partial charge in [0.05, 0.1) is 5.69 Å². The average Bonchev–Trinajstić information content (AvgIpc) is 2.71. The van der Waals surface area contributed by atoms with Gasteiger partial charge in [0.25, 0.3) is 0 Å². The van der Waals surface area contributed by atoms with Crippen LogP contribution in [0.1, 0.15) is 11.3 Å². The molecule has 0 aliphatic carbocycles. The number of hydrogen-bond donors (Lipinski definition) is 1. The molecule has 1 aromatic heterocycles. The van der Waals surface area contributed by atoms with Gasteiger partial charge in [-0.1, -0.05) is 11.6 Å². The number of rotatable bonds is 3. The molecule has 0 aliphatic heterocycles. The predicted molar refractivity (Wildman–Crippen MR) is 76.6 cm³/mol. The number of anilines is 1. The van der Waals surface area contributed by atoms with Crippen LogP contribution in [0.15, 0.2) is 34.9 Å². The molecule has 18 heavy (non-hydrogen) atoms. The lowest BCUT2D eigenvalue weighted by atomic mass is 10.3. The quantitative estimate of drug-likeness (QED) is 0.929. The fourth-order valence-electron chi connectivity index (χ4n) is 1.67. The highest BCUT2D eigenvalue weighted by molar-refractivity contribution is 9.10. The van der Waals surface area contributed by atoms with Crippen LogP contribution < -0.4 is 5.32 Å². The van der Waals surface area contributed by atoms with E-state index in [1.54, 1.807) is 0 Å². The van der Waals surface area contributed by atoms with Gasteiger partial charge in [-0.3, -0.25) is 0 Å². The molecule has 2 aromatic rings. The summed E-state index contributed by atoms with van der Waals surface area (Å²) in [6, 6.07) is 9.59. The van der Waals surface area contributed by atoms with Gasteiger partial charge >= 0.3 is 0 Å². The van der Waals surface area contributed by atoms with Gasteiger partial charge in [0.1, 0.15) is 11.8 Å². The van der Waals surface area contributed by atoms with E-state index in [9.17, 15) is 0 Å². The monoisotopic (exact) mass is 323 g/mol. The standard InChI is InChI=1S/C13H11BrClN3/c1-18-8-9(4-11(18)6-16)7-17-13-5-10(15)2-3-12(13)14/h2-5,8,17H,7H2,1H3. The molecule has 0 aliphatic rings. The zero-order valence-corrected chi connectivity index (χ0v) is 12.1. The Hall–Kier alpha value is -1.44. The summed E-state index contributed by atoms with van der Waals surface area (Å²) in [5.41, 5.74) is 2.64. The zero-order valence-electron chi connectivity index (χ0n) is 9.74. The topological polar surface area (TPSA) is 40.8 Å². The minimum Gasteiger partial charge on any atom is -0.380 e. The molecular formula is C13H11BrClN3. The predicted octanol–water partition coefficient (Wildman–Crippen LogP) is 3.92. The second-order valence-electron chi connectivity index (χ2n) is 3.93. The molecule has 0 amide bonds. The number of nitriles is 1. The smallest absolute Gasteiger partial charge is 0.120 e. The lowest BCUT2D eigenvalue weighted by molar-refractivity contribution is 0.902. The maximum atomic E-state index is 8.88. The molecule has 5 heteroatoms. The van der Waals surface area contributed by atoms with E-state index in [4.69, 9.17) is 16.9 Å². The van der Waals surface area contributed by atoms with Crippen molar-refractivity contribution in [2.45, 2.75) is 6.54 Å². The van der Waals surface area contributed by atoms with E-state index in [0.29, 0.717) is 17.3 Å².